The predicted molar refractivity (Wildman–Crippen MR) is 71.8 cm³/mol. The van der Waals surface area contributed by atoms with Gasteiger partial charge in [-0.25, -0.2) is 0 Å². The zero-order valence-corrected chi connectivity index (χ0v) is 12.9. The Kier molecular flexibility index (Phi) is 4.39. The maximum atomic E-state index is 12.1. The Bertz CT molecular complexity index is 320. The Hall–Kier alpha value is -0.380. The van der Waals surface area contributed by atoms with E-state index in [0.29, 0.717) is 13.0 Å². The summed E-state index contributed by atoms with van der Waals surface area (Å²) in [4.78, 5) is 25.2. The van der Waals surface area contributed by atoms with Crippen LogP contribution >= 0.6 is 15.9 Å². The van der Waals surface area contributed by atoms with Crippen LogP contribution in [0.4, 0.5) is 0 Å². The molecule has 0 N–H and O–H groups in total. The lowest BCUT2D eigenvalue weighted by Gasteiger charge is -2.26. The smallest absolute Gasteiger partial charge is 0.243 e. The molecule has 0 aromatic carbocycles. The summed E-state index contributed by atoms with van der Waals surface area (Å²) < 4.78 is 0. The van der Waals surface area contributed by atoms with Gasteiger partial charge in [0, 0.05) is 13.0 Å². The summed E-state index contributed by atoms with van der Waals surface area (Å²) in [5, 5.41) is 0. The van der Waals surface area contributed by atoms with Crippen molar-refractivity contribution in [3.8, 4) is 0 Å². The van der Waals surface area contributed by atoms with Crippen LogP contribution in [0.3, 0.4) is 0 Å². The van der Waals surface area contributed by atoms with Gasteiger partial charge in [-0.1, -0.05) is 50.5 Å². The van der Waals surface area contributed by atoms with Crippen molar-refractivity contribution in [1.82, 2.24) is 4.90 Å². The van der Waals surface area contributed by atoms with Gasteiger partial charge in [0.05, 0.1) is 4.83 Å². The molecule has 2 atom stereocenters. The fourth-order valence-electron chi connectivity index (χ4n) is 1.93. The van der Waals surface area contributed by atoms with Gasteiger partial charge in [-0.15, -0.1) is 0 Å². The van der Waals surface area contributed by atoms with Crippen molar-refractivity contribution in [3.63, 3.8) is 0 Å². The first-order chi connectivity index (χ1) is 7.64. The van der Waals surface area contributed by atoms with Crippen molar-refractivity contribution < 1.29 is 9.59 Å². The van der Waals surface area contributed by atoms with Crippen LogP contribution in [0.15, 0.2) is 0 Å². The molecule has 0 aromatic rings. The molecule has 4 heteroatoms. The number of carbonyl (C=O) groups is 2. The molecular weight excluding hydrogens is 282 g/mol. The molecule has 98 valence electrons. The van der Waals surface area contributed by atoms with Crippen molar-refractivity contribution in [2.45, 2.75) is 45.9 Å². The minimum Gasteiger partial charge on any atom is -0.281 e. The number of nitrogens with zero attached hydrogens (tertiary/aromatic N) is 1. The van der Waals surface area contributed by atoms with E-state index in [9.17, 15) is 9.59 Å². The highest BCUT2D eigenvalue weighted by Gasteiger charge is 2.41. The lowest BCUT2D eigenvalue weighted by molar-refractivity contribution is -0.141. The SMILES string of the molecule is CC(C)C(Br)C(=O)N1CC(C(C)(C)C)CC1=O. The average molecular weight is 304 g/mol. The number of amides is 2. The first kappa shape index (κ1) is 14.7. The molecule has 0 aromatic heterocycles. The highest BCUT2D eigenvalue weighted by atomic mass is 79.9. The number of imide groups is 1. The van der Waals surface area contributed by atoms with Gasteiger partial charge in [-0.2, -0.15) is 0 Å². The van der Waals surface area contributed by atoms with Crippen LogP contribution in [0.5, 0.6) is 0 Å². The van der Waals surface area contributed by atoms with Crippen molar-refractivity contribution >= 4 is 27.7 Å². The fraction of sp³-hybridized carbons (Fsp3) is 0.846. The lowest BCUT2D eigenvalue weighted by atomic mass is 9.80. The largest absolute Gasteiger partial charge is 0.281 e. The molecule has 3 nitrogen and oxygen atoms in total. The average Bonchev–Trinajstić information content (AvgIpc) is 2.57. The summed E-state index contributed by atoms with van der Waals surface area (Å²) in [7, 11) is 0. The fourth-order valence-corrected chi connectivity index (χ4v) is 2.18. The second-order valence-corrected chi connectivity index (χ2v) is 7.24. The van der Waals surface area contributed by atoms with E-state index in [1.165, 1.54) is 4.90 Å². The molecular formula is C13H22BrNO2. The standard InChI is InChI=1S/C13H22BrNO2/c1-8(2)11(14)12(17)15-7-9(6-10(15)16)13(3,4)5/h8-9,11H,6-7H2,1-5H3. The van der Waals surface area contributed by atoms with Crippen LogP contribution in [-0.4, -0.2) is 28.1 Å². The monoisotopic (exact) mass is 303 g/mol. The van der Waals surface area contributed by atoms with Crippen molar-refractivity contribution in [2.75, 3.05) is 6.54 Å². The first-order valence-corrected chi connectivity index (χ1v) is 7.04. The third-order valence-electron chi connectivity index (χ3n) is 3.44. The zero-order chi connectivity index (χ0) is 13.4. The number of hydrogen-bond donors (Lipinski definition) is 0. The first-order valence-electron chi connectivity index (χ1n) is 6.13. The van der Waals surface area contributed by atoms with E-state index in [-0.39, 0.29) is 33.9 Å². The summed E-state index contributed by atoms with van der Waals surface area (Å²) >= 11 is 3.37. The van der Waals surface area contributed by atoms with Crippen molar-refractivity contribution in [3.05, 3.63) is 0 Å². The third kappa shape index (κ3) is 3.30. The third-order valence-corrected chi connectivity index (χ3v) is 4.89. The van der Waals surface area contributed by atoms with Gasteiger partial charge >= 0.3 is 0 Å². The van der Waals surface area contributed by atoms with Gasteiger partial charge in [0.2, 0.25) is 11.8 Å². The van der Waals surface area contributed by atoms with E-state index in [4.69, 9.17) is 0 Å². The molecule has 0 spiro atoms. The van der Waals surface area contributed by atoms with Crippen LogP contribution < -0.4 is 0 Å². The summed E-state index contributed by atoms with van der Waals surface area (Å²) in [5.41, 5.74) is 0.0737. The van der Waals surface area contributed by atoms with E-state index in [2.05, 4.69) is 36.7 Å². The second-order valence-electron chi connectivity index (χ2n) is 6.26. The molecule has 0 radical (unpaired) electrons. The van der Waals surface area contributed by atoms with Gasteiger partial charge in [-0.3, -0.25) is 14.5 Å². The number of hydrogen-bond acceptors (Lipinski definition) is 2. The molecule has 0 saturated carbocycles. The molecule has 1 fully saturated rings. The predicted octanol–water partition coefficient (Wildman–Crippen LogP) is 2.83. The van der Waals surface area contributed by atoms with E-state index < -0.39 is 0 Å². The van der Waals surface area contributed by atoms with Crippen LogP contribution in [0.2, 0.25) is 0 Å². The number of alkyl halides is 1. The minimum absolute atomic E-state index is 0.0278. The molecule has 1 aliphatic heterocycles. The molecule has 17 heavy (non-hydrogen) atoms. The molecule has 2 unspecified atom stereocenters. The van der Waals surface area contributed by atoms with Gasteiger partial charge in [-0.05, 0) is 17.3 Å². The Morgan fingerprint density at radius 1 is 1.41 bits per heavy atom. The van der Waals surface area contributed by atoms with E-state index in [1.807, 2.05) is 13.8 Å². The summed E-state index contributed by atoms with van der Waals surface area (Å²) in [6.07, 6.45) is 0.493. The van der Waals surface area contributed by atoms with Gasteiger partial charge in [0.25, 0.3) is 0 Å². The zero-order valence-electron chi connectivity index (χ0n) is 11.3. The second kappa shape index (κ2) is 5.09. The molecule has 0 bridgehead atoms. The topological polar surface area (TPSA) is 37.4 Å². The number of rotatable bonds is 2. The maximum absolute atomic E-state index is 12.1. The van der Waals surface area contributed by atoms with Crippen molar-refractivity contribution in [1.29, 1.82) is 0 Å². The number of likely N-dealkylation sites (tertiary alicyclic amines) is 1. The van der Waals surface area contributed by atoms with Crippen LogP contribution in [0, 0.1) is 17.3 Å². The van der Waals surface area contributed by atoms with Crippen LogP contribution in [0.25, 0.3) is 0 Å². The normalized spacial score (nSPS) is 23.4. The Balaban J connectivity index is 2.75. The molecule has 1 saturated heterocycles. The highest BCUT2D eigenvalue weighted by Crippen LogP contribution is 2.35. The van der Waals surface area contributed by atoms with E-state index in [0.717, 1.165) is 0 Å². The van der Waals surface area contributed by atoms with Crippen LogP contribution in [-0.2, 0) is 9.59 Å². The number of carbonyl (C=O) groups excluding carboxylic acids is 2. The molecule has 1 rings (SSSR count). The Labute approximate surface area is 112 Å². The van der Waals surface area contributed by atoms with Gasteiger partial charge in [0.1, 0.15) is 0 Å². The summed E-state index contributed by atoms with van der Waals surface area (Å²) in [6, 6.07) is 0. The highest BCUT2D eigenvalue weighted by molar-refractivity contribution is 9.10. The molecule has 0 aliphatic carbocycles. The number of halogens is 1. The molecule has 1 heterocycles. The molecule has 2 amide bonds. The summed E-state index contributed by atoms with van der Waals surface area (Å²) in [6.45, 7) is 10.9. The maximum Gasteiger partial charge on any atom is 0.243 e. The van der Waals surface area contributed by atoms with Crippen molar-refractivity contribution in [2.24, 2.45) is 17.3 Å². The Morgan fingerprint density at radius 3 is 2.29 bits per heavy atom. The van der Waals surface area contributed by atoms with E-state index >= 15 is 0 Å². The molecule has 1 aliphatic rings. The van der Waals surface area contributed by atoms with Gasteiger partial charge < -0.3 is 0 Å². The Morgan fingerprint density at radius 2 is 1.94 bits per heavy atom. The lowest BCUT2D eigenvalue weighted by Crippen LogP contribution is -2.40. The summed E-state index contributed by atoms with van der Waals surface area (Å²) in [5.74, 6) is 0.353. The minimum atomic E-state index is -0.259. The van der Waals surface area contributed by atoms with Gasteiger partial charge in [0.15, 0.2) is 0 Å². The van der Waals surface area contributed by atoms with Crippen LogP contribution in [0.1, 0.15) is 41.0 Å². The van der Waals surface area contributed by atoms with E-state index in [1.54, 1.807) is 0 Å². The quantitative estimate of drug-likeness (QED) is 0.736.